The lowest BCUT2D eigenvalue weighted by Gasteiger charge is -2.22. The second kappa shape index (κ2) is 12.4. The molecule has 3 aromatic carbocycles. The number of amides is 2. The highest BCUT2D eigenvalue weighted by molar-refractivity contribution is 7.89. The highest BCUT2D eigenvalue weighted by atomic mass is 32.2. The molecule has 0 radical (unpaired) electrons. The van der Waals surface area contributed by atoms with E-state index in [2.05, 4.69) is 15.6 Å². The Bertz CT molecular complexity index is 1920. The molecule has 0 aliphatic carbocycles. The van der Waals surface area contributed by atoms with Gasteiger partial charge < -0.3 is 15.1 Å². The highest BCUT2D eigenvalue weighted by Crippen LogP contribution is 2.21. The van der Waals surface area contributed by atoms with E-state index in [1.165, 1.54) is 12.3 Å². The van der Waals surface area contributed by atoms with E-state index in [4.69, 9.17) is 4.42 Å². The first-order chi connectivity index (χ1) is 21.3. The van der Waals surface area contributed by atoms with E-state index in [0.717, 1.165) is 26.0 Å². The smallest absolute Gasteiger partial charge is 0.287 e. The summed E-state index contributed by atoms with van der Waals surface area (Å²) in [5, 5.41) is 8.22. The van der Waals surface area contributed by atoms with Gasteiger partial charge in [0, 0.05) is 24.5 Å². The number of hydrogen-bond acceptors (Lipinski definition) is 7. The summed E-state index contributed by atoms with van der Waals surface area (Å²) in [6, 6.07) is 25.0. The number of hydrogen-bond donors (Lipinski definition) is 2. The van der Waals surface area contributed by atoms with Gasteiger partial charge in [0.2, 0.25) is 5.91 Å². The molecule has 1 aliphatic heterocycles. The molecule has 0 bridgehead atoms. The molecule has 2 N–H and O–H groups in total. The molecule has 1 saturated heterocycles. The van der Waals surface area contributed by atoms with Gasteiger partial charge in [0.15, 0.2) is 16.6 Å². The van der Waals surface area contributed by atoms with E-state index in [-0.39, 0.29) is 30.2 Å². The maximum atomic E-state index is 13.7. The minimum atomic E-state index is -3.98. The Labute approximate surface area is 254 Å². The normalized spacial score (nSPS) is 16.8. The number of pyridine rings is 1. The van der Waals surface area contributed by atoms with Crippen molar-refractivity contribution in [3.05, 3.63) is 109 Å². The molecule has 224 valence electrons. The molecule has 0 saturated carbocycles. The van der Waals surface area contributed by atoms with E-state index >= 15 is 0 Å². The maximum absolute atomic E-state index is 13.7. The number of nitrogens with one attached hydrogen (secondary N) is 2. The van der Waals surface area contributed by atoms with Crippen molar-refractivity contribution in [2.24, 2.45) is 0 Å². The SMILES string of the molecule is O=C(N[C@@H](Cc1ccc2ccccc2c1)C(=O)NC1CCCN(S(=O)(=O)c2ccccn2)CC1=O)c1cc2ccccc2o1. The van der Waals surface area contributed by atoms with Crippen molar-refractivity contribution in [2.75, 3.05) is 13.1 Å². The lowest BCUT2D eigenvalue weighted by atomic mass is 10.00. The number of para-hydroxylation sites is 1. The van der Waals surface area contributed by atoms with Gasteiger partial charge in [-0.1, -0.05) is 66.7 Å². The second-order valence-electron chi connectivity index (χ2n) is 10.7. The predicted molar refractivity (Wildman–Crippen MR) is 164 cm³/mol. The monoisotopic (exact) mass is 610 g/mol. The minimum absolute atomic E-state index is 0.0587. The number of aromatic nitrogens is 1. The number of carbonyl (C=O) groups is 3. The number of fused-ring (bicyclic) bond motifs is 2. The Kier molecular flexibility index (Phi) is 8.23. The van der Waals surface area contributed by atoms with Gasteiger partial charge in [-0.2, -0.15) is 4.31 Å². The summed E-state index contributed by atoms with van der Waals surface area (Å²) in [5.74, 6) is -1.50. The third-order valence-corrected chi connectivity index (χ3v) is 9.47. The van der Waals surface area contributed by atoms with Crippen LogP contribution in [0.2, 0.25) is 0 Å². The largest absolute Gasteiger partial charge is 0.451 e. The van der Waals surface area contributed by atoms with Crippen molar-refractivity contribution in [3.8, 4) is 0 Å². The van der Waals surface area contributed by atoms with Crippen LogP contribution in [0.1, 0.15) is 29.0 Å². The molecule has 3 heterocycles. The van der Waals surface area contributed by atoms with Crippen molar-refractivity contribution in [1.29, 1.82) is 0 Å². The molecule has 2 amide bonds. The fourth-order valence-corrected chi connectivity index (χ4v) is 6.77. The van der Waals surface area contributed by atoms with Crippen molar-refractivity contribution in [2.45, 2.75) is 36.4 Å². The summed E-state index contributed by atoms with van der Waals surface area (Å²) >= 11 is 0. The Balaban J connectivity index is 1.21. The second-order valence-corrected chi connectivity index (χ2v) is 12.6. The molecule has 1 fully saturated rings. The first-order valence-electron chi connectivity index (χ1n) is 14.3. The highest BCUT2D eigenvalue weighted by Gasteiger charge is 2.35. The fraction of sp³-hybridized carbons (Fsp3) is 0.212. The van der Waals surface area contributed by atoms with Crippen LogP contribution in [-0.2, 0) is 26.0 Å². The molecule has 2 atom stereocenters. The quantitative estimate of drug-likeness (QED) is 0.272. The average molecular weight is 611 g/mol. The van der Waals surface area contributed by atoms with Crippen LogP contribution in [0.3, 0.4) is 0 Å². The molecule has 11 heteroatoms. The molecular weight excluding hydrogens is 580 g/mol. The Hall–Kier alpha value is -4.87. The number of ketones is 1. The summed E-state index contributed by atoms with van der Waals surface area (Å²) in [5.41, 5.74) is 1.36. The van der Waals surface area contributed by atoms with Crippen LogP contribution in [0, 0.1) is 0 Å². The third-order valence-electron chi connectivity index (χ3n) is 7.70. The minimum Gasteiger partial charge on any atom is -0.451 e. The number of Topliss-reactive ketones (excluding diaryl/α,β-unsaturated/α-hetero) is 1. The molecular formula is C33H30N4O6S. The van der Waals surface area contributed by atoms with Gasteiger partial charge in [-0.3, -0.25) is 14.4 Å². The summed E-state index contributed by atoms with van der Waals surface area (Å²) < 4.78 is 33.0. The molecule has 6 rings (SSSR count). The van der Waals surface area contributed by atoms with E-state index in [0.29, 0.717) is 12.0 Å². The summed E-state index contributed by atoms with van der Waals surface area (Å²) in [6.45, 7) is -0.287. The van der Waals surface area contributed by atoms with Gasteiger partial charge in [0.1, 0.15) is 11.6 Å². The molecule has 1 unspecified atom stereocenters. The average Bonchev–Trinajstić information content (AvgIpc) is 3.39. The van der Waals surface area contributed by atoms with Crippen LogP contribution in [-0.4, -0.2) is 60.5 Å². The molecule has 2 aromatic heterocycles. The van der Waals surface area contributed by atoms with Gasteiger partial charge in [-0.25, -0.2) is 13.4 Å². The first kappa shape index (κ1) is 29.2. The standard InChI is InChI=1S/C33H30N4O6S/c38-28-21-37(44(41,42)31-13-5-6-16-34-31)17-7-11-26(28)35-32(39)27(19-22-14-15-23-8-1-2-9-24(23)18-22)36-33(40)30-20-25-10-3-4-12-29(25)43-30/h1-6,8-10,12-16,18,20,26-27H,7,11,17,19,21H2,(H,35,39)(H,36,40)/t26?,27-/m0/s1. The maximum Gasteiger partial charge on any atom is 0.287 e. The van der Waals surface area contributed by atoms with Gasteiger partial charge in [0.25, 0.3) is 15.9 Å². The topological polar surface area (TPSA) is 139 Å². The zero-order chi connectivity index (χ0) is 30.7. The number of furan rings is 1. The van der Waals surface area contributed by atoms with E-state index in [9.17, 15) is 22.8 Å². The Morgan fingerprint density at radius 3 is 2.45 bits per heavy atom. The van der Waals surface area contributed by atoms with E-state index in [1.807, 2.05) is 54.6 Å². The molecule has 10 nitrogen and oxygen atoms in total. The van der Waals surface area contributed by atoms with Gasteiger partial charge in [-0.15, -0.1) is 0 Å². The molecule has 44 heavy (non-hydrogen) atoms. The zero-order valence-corrected chi connectivity index (χ0v) is 24.5. The van der Waals surface area contributed by atoms with Crippen LogP contribution in [0.25, 0.3) is 21.7 Å². The lowest BCUT2D eigenvalue weighted by Crippen LogP contribution is -2.53. The molecule has 1 aliphatic rings. The van der Waals surface area contributed by atoms with Crippen molar-refractivity contribution in [3.63, 3.8) is 0 Å². The van der Waals surface area contributed by atoms with E-state index in [1.54, 1.807) is 30.3 Å². The number of sulfonamides is 1. The number of benzene rings is 3. The zero-order valence-electron chi connectivity index (χ0n) is 23.7. The van der Waals surface area contributed by atoms with Crippen molar-refractivity contribution in [1.82, 2.24) is 19.9 Å². The van der Waals surface area contributed by atoms with Crippen LogP contribution >= 0.6 is 0 Å². The summed E-state index contributed by atoms with van der Waals surface area (Å²) in [4.78, 5) is 44.2. The Morgan fingerprint density at radius 1 is 0.932 bits per heavy atom. The summed E-state index contributed by atoms with van der Waals surface area (Å²) in [6.07, 6.45) is 2.14. The van der Waals surface area contributed by atoms with Gasteiger partial charge in [-0.05, 0) is 53.4 Å². The number of rotatable bonds is 8. The van der Waals surface area contributed by atoms with Crippen LogP contribution in [0.4, 0.5) is 0 Å². The van der Waals surface area contributed by atoms with Crippen molar-refractivity contribution < 1.29 is 27.2 Å². The third kappa shape index (κ3) is 6.24. The Morgan fingerprint density at radius 2 is 1.68 bits per heavy atom. The summed E-state index contributed by atoms with van der Waals surface area (Å²) in [7, 11) is -3.98. The molecule has 0 spiro atoms. The van der Waals surface area contributed by atoms with Crippen molar-refractivity contribution >= 4 is 49.4 Å². The van der Waals surface area contributed by atoms with Gasteiger partial charge in [0.05, 0.1) is 12.6 Å². The predicted octanol–water partition coefficient (Wildman–Crippen LogP) is 3.86. The molecule has 5 aromatic rings. The van der Waals surface area contributed by atoms with Gasteiger partial charge >= 0.3 is 0 Å². The van der Waals surface area contributed by atoms with Crippen LogP contribution in [0.5, 0.6) is 0 Å². The van der Waals surface area contributed by atoms with Crippen LogP contribution in [0.15, 0.2) is 107 Å². The van der Waals surface area contributed by atoms with E-state index < -0.39 is 46.2 Å². The van der Waals surface area contributed by atoms with Crippen LogP contribution < -0.4 is 10.6 Å². The first-order valence-corrected chi connectivity index (χ1v) is 15.7. The lowest BCUT2D eigenvalue weighted by molar-refractivity contribution is -0.128. The number of nitrogens with zero attached hydrogens (tertiary/aromatic N) is 2. The fourth-order valence-electron chi connectivity index (χ4n) is 5.39. The number of carbonyl (C=O) groups excluding carboxylic acids is 3.